The second-order valence-corrected chi connectivity index (χ2v) is 11.4. The van der Waals surface area contributed by atoms with Gasteiger partial charge in [-0.15, -0.1) is 0 Å². The minimum Gasteiger partial charge on any atom is -0.393 e. The molecule has 4 nitrogen and oxygen atoms in total. The molecule has 4 fully saturated rings. The van der Waals surface area contributed by atoms with Gasteiger partial charge < -0.3 is 14.9 Å². The molecular formula is C28H45NO3. The van der Waals surface area contributed by atoms with Gasteiger partial charge in [-0.05, 0) is 92.7 Å². The Labute approximate surface area is 195 Å². The predicted molar refractivity (Wildman–Crippen MR) is 130 cm³/mol. The summed E-state index contributed by atoms with van der Waals surface area (Å²) in [6.07, 6.45) is 12.6. The van der Waals surface area contributed by atoms with E-state index in [1.54, 1.807) is 5.57 Å². The molecule has 3 saturated carbocycles. The summed E-state index contributed by atoms with van der Waals surface area (Å²) in [7, 11) is 0. The van der Waals surface area contributed by atoms with Gasteiger partial charge in [-0.2, -0.15) is 0 Å². The largest absolute Gasteiger partial charge is 0.393 e. The molecule has 0 bridgehead atoms. The summed E-state index contributed by atoms with van der Waals surface area (Å²) in [6, 6.07) is 0. The molecular weight excluding hydrogens is 398 g/mol. The van der Waals surface area contributed by atoms with Crippen LogP contribution in [0.1, 0.15) is 72.1 Å². The van der Waals surface area contributed by atoms with E-state index < -0.39 is 12.2 Å². The van der Waals surface area contributed by atoms with Gasteiger partial charge in [-0.25, -0.2) is 0 Å². The van der Waals surface area contributed by atoms with E-state index in [0.717, 1.165) is 42.7 Å². The van der Waals surface area contributed by atoms with Crippen LogP contribution in [0.3, 0.4) is 0 Å². The summed E-state index contributed by atoms with van der Waals surface area (Å²) in [5, 5.41) is 20.2. The number of aliphatic hydroxyl groups is 2. The Hall–Kier alpha value is -0.940. The van der Waals surface area contributed by atoms with Gasteiger partial charge in [0.2, 0.25) is 0 Å². The highest BCUT2D eigenvalue weighted by Crippen LogP contribution is 2.59. The zero-order chi connectivity index (χ0) is 22.9. The minimum atomic E-state index is -0.605. The van der Waals surface area contributed by atoms with Gasteiger partial charge in [0.1, 0.15) is 0 Å². The van der Waals surface area contributed by atoms with Crippen molar-refractivity contribution in [2.45, 2.75) is 90.4 Å². The number of nitrogens with zero attached hydrogens (tertiary/aromatic N) is 1. The van der Waals surface area contributed by atoms with E-state index in [1.807, 2.05) is 0 Å². The Kier molecular flexibility index (Phi) is 7.66. The maximum absolute atomic E-state index is 10.2. The Morgan fingerprint density at radius 3 is 2.88 bits per heavy atom. The quantitative estimate of drug-likeness (QED) is 0.636. The van der Waals surface area contributed by atoms with Gasteiger partial charge in [0.25, 0.3) is 0 Å². The highest BCUT2D eigenvalue weighted by atomic mass is 16.5. The summed E-state index contributed by atoms with van der Waals surface area (Å²) in [5.74, 6) is 2.23. The first kappa shape index (κ1) is 24.2. The summed E-state index contributed by atoms with van der Waals surface area (Å²) in [5.41, 5.74) is 3.81. The van der Waals surface area contributed by atoms with Crippen LogP contribution < -0.4 is 0 Å². The van der Waals surface area contributed by atoms with E-state index in [2.05, 4.69) is 44.4 Å². The average molecular weight is 444 g/mol. The summed E-state index contributed by atoms with van der Waals surface area (Å²) < 4.78 is 5.71. The number of hydrogen-bond acceptors (Lipinski definition) is 4. The zero-order valence-corrected chi connectivity index (χ0v) is 20.6. The third-order valence-electron chi connectivity index (χ3n) is 9.21. The van der Waals surface area contributed by atoms with E-state index in [0.29, 0.717) is 30.3 Å². The maximum atomic E-state index is 10.2. The number of morpholine rings is 1. The normalized spacial score (nSPS) is 42.4. The first-order valence-corrected chi connectivity index (χ1v) is 13.1. The van der Waals surface area contributed by atoms with Crippen LogP contribution in [0.25, 0.3) is 0 Å². The van der Waals surface area contributed by atoms with Crippen LogP contribution in [0.15, 0.2) is 35.5 Å². The van der Waals surface area contributed by atoms with E-state index in [1.165, 1.54) is 45.1 Å². The molecule has 4 rings (SSSR count). The molecule has 1 heterocycles. The minimum absolute atomic E-state index is 0.370. The molecule has 4 aliphatic rings. The molecule has 2 N–H and O–H groups in total. The molecule has 0 radical (unpaired) electrons. The topological polar surface area (TPSA) is 52.9 Å². The first-order chi connectivity index (χ1) is 15.3. The summed E-state index contributed by atoms with van der Waals surface area (Å²) in [6.45, 7) is 15.6. The summed E-state index contributed by atoms with van der Waals surface area (Å²) in [4.78, 5) is 2.59. The number of ether oxygens (including phenoxy) is 1. The number of allylic oxidation sites excluding steroid dienone is 3. The van der Waals surface area contributed by atoms with Crippen molar-refractivity contribution >= 4 is 0 Å². The first-order valence-electron chi connectivity index (χ1n) is 13.1. The molecule has 3 aliphatic carbocycles. The van der Waals surface area contributed by atoms with Crippen LogP contribution in [0.5, 0.6) is 0 Å². The smallest absolute Gasteiger partial charge is 0.0811 e. The zero-order valence-electron chi connectivity index (χ0n) is 20.6. The van der Waals surface area contributed by atoms with Crippen molar-refractivity contribution in [3.8, 4) is 0 Å². The highest BCUT2D eigenvalue weighted by Gasteiger charge is 2.50. The van der Waals surface area contributed by atoms with Crippen LogP contribution in [-0.2, 0) is 4.74 Å². The standard InChI is InChI=1S/C28H45NO3/c1-19(11-13-29-14-15-32-20(2)18-29)25-9-10-26-22(6-5-12-28(25,26)4)7-8-23-16-24(30)17-27(31)21(23)3/h7-8,19-20,24-27,30-31H,3,5-6,9-18H2,1-2,4H3/t19?,20?,24-,25-,26+,27-,28-/m1/s1. The highest BCUT2D eigenvalue weighted by molar-refractivity contribution is 5.38. The number of fused-ring (bicyclic) bond motifs is 1. The Morgan fingerprint density at radius 2 is 2.09 bits per heavy atom. The molecule has 32 heavy (non-hydrogen) atoms. The van der Waals surface area contributed by atoms with Crippen LogP contribution in [0.2, 0.25) is 0 Å². The molecule has 0 amide bonds. The van der Waals surface area contributed by atoms with Crippen molar-refractivity contribution < 1.29 is 14.9 Å². The molecule has 0 aromatic carbocycles. The molecule has 2 unspecified atom stereocenters. The van der Waals surface area contributed by atoms with Crippen molar-refractivity contribution in [1.82, 2.24) is 4.90 Å². The van der Waals surface area contributed by atoms with Crippen LogP contribution >= 0.6 is 0 Å². The van der Waals surface area contributed by atoms with Crippen LogP contribution in [0.4, 0.5) is 0 Å². The molecule has 0 aromatic heterocycles. The van der Waals surface area contributed by atoms with Crippen LogP contribution in [-0.4, -0.2) is 59.7 Å². The van der Waals surface area contributed by atoms with E-state index in [-0.39, 0.29) is 0 Å². The van der Waals surface area contributed by atoms with Gasteiger partial charge in [-0.3, -0.25) is 4.90 Å². The molecule has 180 valence electrons. The fraction of sp³-hybridized carbons (Fsp3) is 0.786. The van der Waals surface area contributed by atoms with Crippen LogP contribution in [0, 0.1) is 23.2 Å². The van der Waals surface area contributed by atoms with Gasteiger partial charge in [0, 0.05) is 19.5 Å². The molecule has 1 saturated heterocycles. The molecule has 0 aromatic rings. The second-order valence-electron chi connectivity index (χ2n) is 11.4. The Balaban J connectivity index is 1.41. The second kappa shape index (κ2) is 10.1. The van der Waals surface area contributed by atoms with E-state index >= 15 is 0 Å². The maximum Gasteiger partial charge on any atom is 0.0811 e. The van der Waals surface area contributed by atoms with Crippen molar-refractivity contribution in [3.05, 3.63) is 35.5 Å². The van der Waals surface area contributed by atoms with Crippen molar-refractivity contribution in [3.63, 3.8) is 0 Å². The molecule has 0 spiro atoms. The van der Waals surface area contributed by atoms with Gasteiger partial charge >= 0.3 is 0 Å². The third kappa shape index (κ3) is 5.09. The van der Waals surface area contributed by atoms with E-state index in [4.69, 9.17) is 4.74 Å². The fourth-order valence-electron chi connectivity index (χ4n) is 7.36. The third-order valence-corrected chi connectivity index (χ3v) is 9.21. The fourth-order valence-corrected chi connectivity index (χ4v) is 7.36. The number of aliphatic hydroxyl groups excluding tert-OH is 2. The lowest BCUT2D eigenvalue weighted by Gasteiger charge is -2.44. The number of rotatable bonds is 5. The molecule has 1 aliphatic heterocycles. The molecule has 4 heteroatoms. The van der Waals surface area contributed by atoms with Crippen molar-refractivity contribution in [2.24, 2.45) is 23.2 Å². The Morgan fingerprint density at radius 1 is 1.28 bits per heavy atom. The Bertz CT molecular complexity index is 743. The lowest BCUT2D eigenvalue weighted by Crippen LogP contribution is -2.42. The molecule has 7 atom stereocenters. The SMILES string of the molecule is C=C1C(=CC=C2CCC[C@]3(C)[C@@H](C(C)CCN4CCOC(C)C4)CC[C@@H]23)C[C@@H](O)C[C@H]1O. The lowest BCUT2D eigenvalue weighted by atomic mass is 9.61. The van der Waals surface area contributed by atoms with Gasteiger partial charge in [0.05, 0.1) is 24.9 Å². The predicted octanol–water partition coefficient (Wildman–Crippen LogP) is 4.87. The van der Waals surface area contributed by atoms with Crippen molar-refractivity contribution in [1.29, 1.82) is 0 Å². The lowest BCUT2D eigenvalue weighted by molar-refractivity contribution is -0.0216. The number of hydrogen-bond donors (Lipinski definition) is 2. The monoisotopic (exact) mass is 443 g/mol. The van der Waals surface area contributed by atoms with E-state index in [9.17, 15) is 10.2 Å². The van der Waals surface area contributed by atoms with Gasteiger partial charge in [-0.1, -0.05) is 38.2 Å². The summed E-state index contributed by atoms with van der Waals surface area (Å²) >= 11 is 0. The van der Waals surface area contributed by atoms with Gasteiger partial charge in [0.15, 0.2) is 0 Å². The average Bonchev–Trinajstić information content (AvgIpc) is 3.11. The van der Waals surface area contributed by atoms with Crippen molar-refractivity contribution in [2.75, 3.05) is 26.2 Å².